The summed E-state index contributed by atoms with van der Waals surface area (Å²) < 4.78 is 43.8. The van der Waals surface area contributed by atoms with Gasteiger partial charge in [-0.15, -0.1) is 0 Å². The third kappa shape index (κ3) is 5.15. The summed E-state index contributed by atoms with van der Waals surface area (Å²) in [5, 5.41) is 2.74. The van der Waals surface area contributed by atoms with E-state index in [0.29, 0.717) is 22.5 Å². The van der Waals surface area contributed by atoms with Gasteiger partial charge in [-0.3, -0.25) is 9.52 Å². The number of amides is 1. The average Bonchev–Trinajstić information content (AvgIpc) is 3.34. The number of carbonyl (C=O) groups is 1. The van der Waals surface area contributed by atoms with Crippen LogP contribution in [0, 0.1) is 19.7 Å². The number of sulfonamides is 1. The highest BCUT2D eigenvalue weighted by Gasteiger charge is 2.15. The number of benzene rings is 3. The predicted octanol–water partition coefficient (Wildman–Crippen LogP) is 4.36. The molecule has 4 rings (SSSR count). The van der Waals surface area contributed by atoms with Crippen LogP contribution in [-0.4, -0.2) is 23.9 Å². The van der Waals surface area contributed by atoms with Crippen LogP contribution in [0.3, 0.4) is 0 Å². The number of nitrogens with one attached hydrogen (secondary N) is 2. The molecule has 0 saturated heterocycles. The van der Waals surface area contributed by atoms with Crippen molar-refractivity contribution in [2.75, 3.05) is 4.72 Å². The van der Waals surface area contributed by atoms with Gasteiger partial charge in [-0.1, -0.05) is 12.1 Å². The SMILES string of the molecule is Cc1ccc(S(=O)(=O)Nc2ccc(C(=O)NCc3ccc(-n4ccnc4)c(F)c3)cc2)cc1C. The number of anilines is 1. The summed E-state index contributed by atoms with van der Waals surface area (Å²) in [6.45, 7) is 3.90. The second kappa shape index (κ2) is 9.48. The lowest BCUT2D eigenvalue weighted by Crippen LogP contribution is -2.23. The highest BCUT2D eigenvalue weighted by atomic mass is 32.2. The molecule has 0 aliphatic carbocycles. The van der Waals surface area contributed by atoms with Gasteiger partial charge in [-0.05, 0) is 79.1 Å². The third-order valence-corrected chi connectivity index (χ3v) is 6.81. The van der Waals surface area contributed by atoms with E-state index in [-0.39, 0.29) is 17.3 Å². The lowest BCUT2D eigenvalue weighted by molar-refractivity contribution is 0.0951. The molecular formula is C25H23FN4O3S. The smallest absolute Gasteiger partial charge is 0.261 e. The number of imidazole rings is 1. The molecular weight excluding hydrogens is 455 g/mol. The molecule has 0 saturated carbocycles. The van der Waals surface area contributed by atoms with Gasteiger partial charge < -0.3 is 9.88 Å². The maximum absolute atomic E-state index is 14.4. The van der Waals surface area contributed by atoms with Crippen molar-refractivity contribution in [2.24, 2.45) is 0 Å². The fourth-order valence-electron chi connectivity index (χ4n) is 3.34. The van der Waals surface area contributed by atoms with Gasteiger partial charge in [0.15, 0.2) is 0 Å². The Labute approximate surface area is 197 Å². The van der Waals surface area contributed by atoms with E-state index in [0.717, 1.165) is 11.1 Å². The molecule has 0 atom stereocenters. The number of rotatable bonds is 7. The van der Waals surface area contributed by atoms with Crippen molar-refractivity contribution in [3.8, 4) is 5.69 Å². The first kappa shape index (κ1) is 23.2. The monoisotopic (exact) mass is 478 g/mol. The fourth-order valence-corrected chi connectivity index (χ4v) is 4.48. The highest BCUT2D eigenvalue weighted by Crippen LogP contribution is 2.20. The molecule has 0 aliphatic rings. The van der Waals surface area contributed by atoms with E-state index in [2.05, 4.69) is 15.0 Å². The predicted molar refractivity (Wildman–Crippen MR) is 128 cm³/mol. The summed E-state index contributed by atoms with van der Waals surface area (Å²) in [4.78, 5) is 16.6. The van der Waals surface area contributed by atoms with Crippen molar-refractivity contribution in [1.82, 2.24) is 14.9 Å². The van der Waals surface area contributed by atoms with E-state index in [9.17, 15) is 17.6 Å². The highest BCUT2D eigenvalue weighted by molar-refractivity contribution is 7.92. The first-order valence-electron chi connectivity index (χ1n) is 10.5. The van der Waals surface area contributed by atoms with E-state index in [1.807, 2.05) is 13.8 Å². The molecule has 7 nitrogen and oxygen atoms in total. The molecule has 0 bridgehead atoms. The Bertz CT molecular complexity index is 1430. The molecule has 0 aliphatic heterocycles. The second-order valence-electron chi connectivity index (χ2n) is 7.87. The third-order valence-electron chi connectivity index (χ3n) is 5.44. The minimum atomic E-state index is -3.75. The van der Waals surface area contributed by atoms with E-state index < -0.39 is 15.8 Å². The van der Waals surface area contributed by atoms with Crippen LogP contribution in [0.4, 0.5) is 10.1 Å². The number of carbonyl (C=O) groups excluding carboxylic acids is 1. The zero-order chi connectivity index (χ0) is 24.3. The summed E-state index contributed by atoms with van der Waals surface area (Å²) >= 11 is 0. The molecule has 4 aromatic rings. The molecule has 34 heavy (non-hydrogen) atoms. The van der Waals surface area contributed by atoms with Crippen molar-refractivity contribution in [1.29, 1.82) is 0 Å². The normalized spacial score (nSPS) is 11.3. The van der Waals surface area contributed by atoms with Crippen molar-refractivity contribution >= 4 is 21.6 Å². The number of hydrogen-bond donors (Lipinski definition) is 2. The molecule has 0 unspecified atom stereocenters. The Hall–Kier alpha value is -3.98. The van der Waals surface area contributed by atoms with Crippen LogP contribution >= 0.6 is 0 Å². The van der Waals surface area contributed by atoms with E-state index in [4.69, 9.17) is 0 Å². The largest absolute Gasteiger partial charge is 0.348 e. The van der Waals surface area contributed by atoms with E-state index in [1.165, 1.54) is 36.7 Å². The lowest BCUT2D eigenvalue weighted by Gasteiger charge is -2.11. The topological polar surface area (TPSA) is 93.1 Å². The summed E-state index contributed by atoms with van der Waals surface area (Å²) in [7, 11) is -3.75. The van der Waals surface area contributed by atoms with Crippen molar-refractivity contribution in [3.63, 3.8) is 0 Å². The van der Waals surface area contributed by atoms with Crippen LogP contribution in [0.25, 0.3) is 5.69 Å². The standard InChI is InChI=1S/C25H23FN4O3S/c1-17-3-9-22(13-18(17)2)34(32,33)29-21-7-5-20(6-8-21)25(31)28-15-19-4-10-24(23(26)14-19)30-12-11-27-16-30/h3-14,16,29H,15H2,1-2H3,(H,28,31). The molecule has 0 fully saturated rings. The number of halogens is 1. The van der Waals surface area contributed by atoms with Gasteiger partial charge in [0.05, 0.1) is 16.9 Å². The second-order valence-corrected chi connectivity index (χ2v) is 9.55. The molecule has 1 aromatic heterocycles. The van der Waals surface area contributed by atoms with Gasteiger partial charge in [-0.25, -0.2) is 17.8 Å². The molecule has 1 heterocycles. The Morgan fingerprint density at radius 3 is 2.41 bits per heavy atom. The lowest BCUT2D eigenvalue weighted by atomic mass is 10.1. The molecule has 1 amide bonds. The quantitative estimate of drug-likeness (QED) is 0.413. The van der Waals surface area contributed by atoms with Gasteiger partial charge in [-0.2, -0.15) is 0 Å². The molecule has 2 N–H and O–H groups in total. The van der Waals surface area contributed by atoms with Gasteiger partial charge >= 0.3 is 0 Å². The van der Waals surface area contributed by atoms with Gasteiger partial charge in [0.1, 0.15) is 5.82 Å². The van der Waals surface area contributed by atoms with E-state index >= 15 is 0 Å². The Balaban J connectivity index is 1.38. The van der Waals surface area contributed by atoms with Crippen LogP contribution < -0.4 is 10.0 Å². The average molecular weight is 479 g/mol. The van der Waals surface area contributed by atoms with Gasteiger partial charge in [0.2, 0.25) is 0 Å². The minimum absolute atomic E-state index is 0.140. The first-order valence-corrected chi connectivity index (χ1v) is 12.0. The van der Waals surface area contributed by atoms with Crippen molar-refractivity contribution in [2.45, 2.75) is 25.3 Å². The van der Waals surface area contributed by atoms with Crippen molar-refractivity contribution in [3.05, 3.63) is 107 Å². The van der Waals surface area contributed by atoms with Crippen LogP contribution in [0.15, 0.2) is 84.3 Å². The summed E-state index contributed by atoms with van der Waals surface area (Å²) in [5.41, 5.74) is 3.55. The summed E-state index contributed by atoms with van der Waals surface area (Å²) in [6.07, 6.45) is 4.71. The van der Waals surface area contributed by atoms with Crippen molar-refractivity contribution < 1.29 is 17.6 Å². The molecule has 3 aromatic carbocycles. The Morgan fingerprint density at radius 1 is 1.00 bits per heavy atom. The molecule has 0 spiro atoms. The maximum atomic E-state index is 14.4. The minimum Gasteiger partial charge on any atom is -0.348 e. The van der Waals surface area contributed by atoms with Gasteiger partial charge in [0.25, 0.3) is 15.9 Å². The fraction of sp³-hybridized carbons (Fsp3) is 0.120. The first-order chi connectivity index (χ1) is 16.2. The number of nitrogens with zero attached hydrogens (tertiary/aromatic N) is 2. The van der Waals surface area contributed by atoms with Crippen LogP contribution in [-0.2, 0) is 16.6 Å². The number of hydrogen-bond acceptors (Lipinski definition) is 4. The van der Waals surface area contributed by atoms with Gasteiger partial charge in [0, 0.05) is 30.2 Å². The molecule has 0 radical (unpaired) electrons. The maximum Gasteiger partial charge on any atom is 0.261 e. The molecule has 174 valence electrons. The number of aromatic nitrogens is 2. The van der Waals surface area contributed by atoms with Crippen LogP contribution in [0.1, 0.15) is 27.0 Å². The Kier molecular flexibility index (Phi) is 6.47. The van der Waals surface area contributed by atoms with Crippen LogP contribution in [0.5, 0.6) is 0 Å². The van der Waals surface area contributed by atoms with Crippen LogP contribution in [0.2, 0.25) is 0 Å². The molecule has 9 heteroatoms. The summed E-state index contributed by atoms with van der Waals surface area (Å²) in [6, 6.07) is 15.7. The summed E-state index contributed by atoms with van der Waals surface area (Å²) in [5.74, 6) is -0.784. The number of aryl methyl sites for hydroxylation is 2. The zero-order valence-corrected chi connectivity index (χ0v) is 19.4. The Morgan fingerprint density at radius 2 is 1.76 bits per heavy atom. The van der Waals surface area contributed by atoms with E-state index in [1.54, 1.807) is 47.3 Å². The zero-order valence-electron chi connectivity index (χ0n) is 18.6.